The van der Waals surface area contributed by atoms with Crippen LogP contribution in [0.1, 0.15) is 41.6 Å². The molecule has 0 aliphatic carbocycles. The first kappa shape index (κ1) is 26.6. The summed E-state index contributed by atoms with van der Waals surface area (Å²) in [6.45, 7) is 0.390. The molecule has 2 aromatic rings. The van der Waals surface area contributed by atoms with Gasteiger partial charge in [0, 0.05) is 28.7 Å². The number of carbonyl (C=O) groups excluding carboxylic acids is 2. The van der Waals surface area contributed by atoms with Crippen molar-refractivity contribution in [2.75, 3.05) is 12.3 Å². The first-order chi connectivity index (χ1) is 17.8. The molecule has 2 aliphatic rings. The summed E-state index contributed by atoms with van der Waals surface area (Å²) < 4.78 is 14.1. The standard InChI is InChI=1S/C25H26ClFN6O3S/c26-21-14(5-4-6-15(21)27)19-13(11-28)8-9-17(34)20(19)23(35)33-24(29)30-10-3-1-2-7-18-22-16(12-37-18)31-25(36)32-22/h4-6,8-9,16,18,22,34H,1-3,7,10,12H2,(H2,31,32,36)(H3,29,30,33,35). The SMILES string of the molecule is N#Cc1ccc(O)c(C(=O)NC(N)=NCCCCCC2SCC3NC(=O)NC32)c1-c1cccc(F)c1Cl. The Morgan fingerprint density at radius 1 is 1.30 bits per heavy atom. The Morgan fingerprint density at radius 2 is 2.11 bits per heavy atom. The molecule has 3 amide bonds. The molecule has 9 nitrogen and oxygen atoms in total. The lowest BCUT2D eigenvalue weighted by atomic mass is 9.93. The van der Waals surface area contributed by atoms with E-state index >= 15 is 0 Å². The van der Waals surface area contributed by atoms with Crippen LogP contribution in [0.25, 0.3) is 11.1 Å². The summed E-state index contributed by atoms with van der Waals surface area (Å²) in [5.74, 6) is -1.16. The van der Waals surface area contributed by atoms with Crippen molar-refractivity contribution in [1.82, 2.24) is 16.0 Å². The van der Waals surface area contributed by atoms with Crippen molar-refractivity contribution in [3.8, 4) is 22.9 Å². The van der Waals surface area contributed by atoms with Crippen molar-refractivity contribution >= 4 is 41.3 Å². The van der Waals surface area contributed by atoms with Gasteiger partial charge in [-0.1, -0.05) is 36.6 Å². The second-order valence-electron chi connectivity index (χ2n) is 8.79. The Morgan fingerprint density at radius 3 is 2.89 bits per heavy atom. The highest BCUT2D eigenvalue weighted by molar-refractivity contribution is 8.00. The van der Waals surface area contributed by atoms with E-state index in [-0.39, 0.29) is 51.4 Å². The Bertz CT molecular complexity index is 1280. The third kappa shape index (κ3) is 5.92. The van der Waals surface area contributed by atoms with Crippen LogP contribution in [0.4, 0.5) is 9.18 Å². The maximum Gasteiger partial charge on any atom is 0.315 e. The molecule has 2 aliphatic heterocycles. The number of benzene rings is 2. The number of guanidine groups is 1. The molecule has 4 rings (SSSR count). The van der Waals surface area contributed by atoms with Crippen LogP contribution in [-0.4, -0.2) is 52.6 Å². The molecule has 0 aromatic heterocycles. The highest BCUT2D eigenvalue weighted by Gasteiger charge is 2.42. The van der Waals surface area contributed by atoms with E-state index in [0.29, 0.717) is 11.8 Å². The molecule has 12 heteroatoms. The molecular weight excluding hydrogens is 519 g/mol. The van der Waals surface area contributed by atoms with Crippen LogP contribution in [0.3, 0.4) is 0 Å². The van der Waals surface area contributed by atoms with Gasteiger partial charge in [-0.05, 0) is 31.0 Å². The molecule has 194 valence electrons. The maximum absolute atomic E-state index is 14.1. The molecule has 0 bridgehead atoms. The van der Waals surface area contributed by atoms with Crippen LogP contribution < -0.4 is 21.7 Å². The van der Waals surface area contributed by atoms with Crippen LogP contribution in [0.5, 0.6) is 5.75 Å². The predicted octanol–water partition coefficient (Wildman–Crippen LogP) is 3.49. The lowest BCUT2D eigenvalue weighted by molar-refractivity contribution is 0.0974. The number of phenols is 1. The monoisotopic (exact) mass is 544 g/mol. The highest BCUT2D eigenvalue weighted by Crippen LogP contribution is 2.38. The van der Waals surface area contributed by atoms with E-state index in [1.54, 1.807) is 0 Å². The van der Waals surface area contributed by atoms with Crippen LogP contribution in [0.2, 0.25) is 5.02 Å². The summed E-state index contributed by atoms with van der Waals surface area (Å²) in [6, 6.07) is 8.77. The number of nitrogens with two attached hydrogens (primary N) is 1. The number of carbonyl (C=O) groups is 2. The zero-order valence-electron chi connectivity index (χ0n) is 19.8. The number of phenolic OH excluding ortho intramolecular Hbond substituents is 1. The molecule has 0 saturated carbocycles. The third-order valence-corrected chi connectivity index (χ3v) is 8.25. The number of amides is 3. The van der Waals surface area contributed by atoms with Crippen LogP contribution >= 0.6 is 23.4 Å². The Hall–Kier alpha value is -3.49. The molecule has 3 unspecified atom stereocenters. The molecule has 2 aromatic carbocycles. The van der Waals surface area contributed by atoms with E-state index in [9.17, 15) is 24.3 Å². The number of hydrogen-bond donors (Lipinski definition) is 5. The van der Waals surface area contributed by atoms with E-state index < -0.39 is 17.5 Å². The number of hydrogen-bond acceptors (Lipinski definition) is 6. The van der Waals surface area contributed by atoms with Gasteiger partial charge in [-0.25, -0.2) is 9.18 Å². The summed E-state index contributed by atoms with van der Waals surface area (Å²) in [5.41, 5.74) is 5.76. The molecule has 6 N–H and O–H groups in total. The third-order valence-electron chi connectivity index (χ3n) is 6.36. The molecule has 2 saturated heterocycles. The first-order valence-electron chi connectivity index (χ1n) is 11.8. The van der Waals surface area contributed by atoms with Gasteiger partial charge < -0.3 is 21.5 Å². The number of thioether (sulfide) groups is 1. The van der Waals surface area contributed by atoms with Crippen molar-refractivity contribution in [3.63, 3.8) is 0 Å². The van der Waals surface area contributed by atoms with Gasteiger partial charge in [-0.2, -0.15) is 17.0 Å². The van der Waals surface area contributed by atoms with Crippen molar-refractivity contribution in [2.24, 2.45) is 10.7 Å². The number of aromatic hydroxyl groups is 1. The molecule has 3 atom stereocenters. The number of nitriles is 1. The largest absolute Gasteiger partial charge is 0.507 e. The zero-order valence-corrected chi connectivity index (χ0v) is 21.3. The Labute approximate surface area is 222 Å². The average Bonchev–Trinajstić information content (AvgIpc) is 3.42. The van der Waals surface area contributed by atoms with Gasteiger partial charge in [-0.15, -0.1) is 0 Å². The zero-order chi connectivity index (χ0) is 26.5. The number of aliphatic imine (C=N–C) groups is 1. The Kier molecular flexibility index (Phi) is 8.41. The van der Waals surface area contributed by atoms with E-state index in [1.807, 2.05) is 17.8 Å². The van der Waals surface area contributed by atoms with Crippen LogP contribution in [0.15, 0.2) is 35.3 Å². The maximum atomic E-state index is 14.1. The normalized spacial score (nSPS) is 20.6. The number of nitrogens with zero attached hydrogens (tertiary/aromatic N) is 2. The minimum Gasteiger partial charge on any atom is -0.507 e. The lowest BCUT2D eigenvalue weighted by Gasteiger charge is -2.16. The topological polar surface area (TPSA) is 153 Å². The van der Waals surface area contributed by atoms with Gasteiger partial charge in [0.05, 0.1) is 34.3 Å². The number of nitrogens with one attached hydrogen (secondary N) is 3. The number of rotatable bonds is 8. The van der Waals surface area contributed by atoms with Crippen molar-refractivity contribution < 1.29 is 19.1 Å². The fourth-order valence-corrected chi connectivity index (χ4v) is 6.35. The smallest absolute Gasteiger partial charge is 0.315 e. The van der Waals surface area contributed by atoms with Gasteiger partial charge in [0.2, 0.25) is 0 Å². The number of halogens is 2. The van der Waals surface area contributed by atoms with Crippen molar-refractivity contribution in [1.29, 1.82) is 5.26 Å². The van der Waals surface area contributed by atoms with Gasteiger partial charge in [0.15, 0.2) is 5.96 Å². The fourth-order valence-electron chi connectivity index (χ4n) is 4.59. The minimum atomic E-state index is -0.800. The van der Waals surface area contributed by atoms with Crippen LogP contribution in [0, 0.1) is 17.1 Å². The van der Waals surface area contributed by atoms with Crippen LogP contribution in [-0.2, 0) is 0 Å². The first-order valence-corrected chi connectivity index (χ1v) is 13.2. The van der Waals surface area contributed by atoms with E-state index in [1.165, 1.54) is 24.3 Å². The molecule has 0 radical (unpaired) electrons. The summed E-state index contributed by atoms with van der Waals surface area (Å²) in [5, 5.41) is 28.5. The van der Waals surface area contributed by atoms with Crippen molar-refractivity contribution in [2.45, 2.75) is 43.0 Å². The van der Waals surface area contributed by atoms with Crippen molar-refractivity contribution in [3.05, 3.63) is 52.3 Å². The fraction of sp³-hybridized carbons (Fsp3) is 0.360. The van der Waals surface area contributed by atoms with E-state index in [0.717, 1.165) is 37.5 Å². The van der Waals surface area contributed by atoms with E-state index in [4.69, 9.17) is 17.3 Å². The van der Waals surface area contributed by atoms with Gasteiger partial charge in [-0.3, -0.25) is 15.1 Å². The highest BCUT2D eigenvalue weighted by atomic mass is 35.5. The molecule has 2 fully saturated rings. The lowest BCUT2D eigenvalue weighted by Crippen LogP contribution is -2.37. The van der Waals surface area contributed by atoms with Gasteiger partial charge in [0.25, 0.3) is 5.91 Å². The molecule has 0 spiro atoms. The summed E-state index contributed by atoms with van der Waals surface area (Å²) in [6.07, 6.45) is 3.63. The summed E-state index contributed by atoms with van der Waals surface area (Å²) >= 11 is 7.98. The summed E-state index contributed by atoms with van der Waals surface area (Å²) in [4.78, 5) is 28.7. The minimum absolute atomic E-state index is 0.00188. The second kappa shape index (κ2) is 11.7. The number of unbranched alkanes of at least 4 members (excludes halogenated alkanes) is 2. The van der Waals surface area contributed by atoms with E-state index in [2.05, 4.69) is 20.9 Å². The number of urea groups is 1. The Balaban J connectivity index is 1.35. The predicted molar refractivity (Wildman–Crippen MR) is 141 cm³/mol. The quantitative estimate of drug-likeness (QED) is 0.148. The number of fused-ring (bicyclic) bond motifs is 1. The molecular formula is C25H26ClFN6O3S. The van der Waals surface area contributed by atoms with Gasteiger partial charge >= 0.3 is 6.03 Å². The van der Waals surface area contributed by atoms with Gasteiger partial charge in [0.1, 0.15) is 11.6 Å². The average molecular weight is 545 g/mol. The second-order valence-corrected chi connectivity index (χ2v) is 10.4. The molecule has 37 heavy (non-hydrogen) atoms. The summed E-state index contributed by atoms with van der Waals surface area (Å²) in [7, 11) is 0. The molecule has 2 heterocycles.